The van der Waals surface area contributed by atoms with Crippen molar-refractivity contribution in [3.63, 3.8) is 0 Å². The predicted molar refractivity (Wildman–Crippen MR) is 44.6 cm³/mol. The molecule has 0 radical (unpaired) electrons. The minimum atomic E-state index is -1.10. The third-order valence-electron chi connectivity index (χ3n) is 2.33. The van der Waals surface area contributed by atoms with Crippen LogP contribution in [-0.4, -0.2) is 29.9 Å². The SMILES string of the molecule is CCCCN1C[C@H](C(=O)[O-])CC1=O. The highest BCUT2D eigenvalue weighted by Gasteiger charge is 2.29. The lowest BCUT2D eigenvalue weighted by molar-refractivity contribution is -0.311. The number of hydrogen-bond acceptors (Lipinski definition) is 3. The number of unbranched alkanes of at least 4 members (excludes halogenated alkanes) is 1. The molecule has 0 saturated carbocycles. The van der Waals surface area contributed by atoms with Crippen LogP contribution in [0.25, 0.3) is 0 Å². The summed E-state index contributed by atoms with van der Waals surface area (Å²) in [4.78, 5) is 23.3. The molecule has 4 nitrogen and oxygen atoms in total. The smallest absolute Gasteiger partial charge is 0.223 e. The lowest BCUT2D eigenvalue weighted by Crippen LogP contribution is -2.33. The zero-order valence-electron chi connectivity index (χ0n) is 7.78. The van der Waals surface area contributed by atoms with Crippen molar-refractivity contribution in [3.05, 3.63) is 0 Å². The second kappa shape index (κ2) is 4.25. The number of carbonyl (C=O) groups excluding carboxylic acids is 2. The standard InChI is InChI=1S/C9H15NO3/c1-2-3-4-10-6-7(9(12)13)5-8(10)11/h7H,2-6H2,1H3,(H,12,13)/p-1/t7-/m1/s1. The van der Waals surface area contributed by atoms with Gasteiger partial charge in [0.1, 0.15) is 0 Å². The van der Waals surface area contributed by atoms with Gasteiger partial charge in [0.05, 0.1) is 0 Å². The van der Waals surface area contributed by atoms with Crippen LogP contribution in [0.5, 0.6) is 0 Å². The zero-order chi connectivity index (χ0) is 9.84. The van der Waals surface area contributed by atoms with Gasteiger partial charge in [0.2, 0.25) is 5.91 Å². The second-order valence-corrected chi connectivity index (χ2v) is 3.41. The van der Waals surface area contributed by atoms with Gasteiger partial charge < -0.3 is 14.8 Å². The number of carboxylic acids is 1. The minimum absolute atomic E-state index is 0.0531. The van der Waals surface area contributed by atoms with Crippen LogP contribution in [0.2, 0.25) is 0 Å². The van der Waals surface area contributed by atoms with Crippen LogP contribution in [0.4, 0.5) is 0 Å². The Labute approximate surface area is 77.5 Å². The zero-order valence-corrected chi connectivity index (χ0v) is 7.78. The molecule has 1 heterocycles. The first-order valence-corrected chi connectivity index (χ1v) is 4.63. The highest BCUT2D eigenvalue weighted by atomic mass is 16.4. The van der Waals surface area contributed by atoms with Crippen LogP contribution >= 0.6 is 0 Å². The Morgan fingerprint density at radius 3 is 2.85 bits per heavy atom. The highest BCUT2D eigenvalue weighted by Crippen LogP contribution is 2.17. The number of nitrogens with zero attached hydrogens (tertiary/aromatic N) is 1. The molecule has 0 aromatic heterocycles. The van der Waals surface area contributed by atoms with E-state index >= 15 is 0 Å². The first kappa shape index (κ1) is 10.0. The number of rotatable bonds is 4. The third-order valence-corrected chi connectivity index (χ3v) is 2.33. The number of hydrogen-bond donors (Lipinski definition) is 0. The van der Waals surface area contributed by atoms with Gasteiger partial charge in [-0.2, -0.15) is 0 Å². The van der Waals surface area contributed by atoms with Crippen molar-refractivity contribution in [3.8, 4) is 0 Å². The van der Waals surface area contributed by atoms with E-state index in [1.54, 1.807) is 4.90 Å². The molecule has 1 aliphatic rings. The van der Waals surface area contributed by atoms with Crippen molar-refractivity contribution >= 4 is 11.9 Å². The fourth-order valence-corrected chi connectivity index (χ4v) is 1.50. The number of carbonyl (C=O) groups is 2. The summed E-state index contributed by atoms with van der Waals surface area (Å²) in [7, 11) is 0. The Hall–Kier alpha value is -1.06. The largest absolute Gasteiger partial charge is 0.550 e. The van der Waals surface area contributed by atoms with Crippen LogP contribution in [-0.2, 0) is 9.59 Å². The van der Waals surface area contributed by atoms with E-state index in [4.69, 9.17) is 0 Å². The molecule has 74 valence electrons. The van der Waals surface area contributed by atoms with Gasteiger partial charge in [-0.05, 0) is 6.42 Å². The Morgan fingerprint density at radius 1 is 1.69 bits per heavy atom. The Bertz CT molecular complexity index is 215. The molecule has 1 saturated heterocycles. The molecule has 4 heteroatoms. The first-order chi connectivity index (χ1) is 6.15. The molecule has 0 aliphatic carbocycles. The number of aliphatic carboxylic acids is 1. The summed E-state index contributed by atoms with van der Waals surface area (Å²) in [5.41, 5.74) is 0. The Morgan fingerprint density at radius 2 is 2.38 bits per heavy atom. The lowest BCUT2D eigenvalue weighted by atomic mass is 10.1. The maximum absolute atomic E-state index is 11.2. The summed E-state index contributed by atoms with van der Waals surface area (Å²) in [6.07, 6.45) is 2.07. The van der Waals surface area contributed by atoms with E-state index in [9.17, 15) is 14.7 Å². The van der Waals surface area contributed by atoms with Crippen molar-refractivity contribution in [2.45, 2.75) is 26.2 Å². The molecule has 0 spiro atoms. The summed E-state index contributed by atoms with van der Waals surface area (Å²) in [5.74, 6) is -1.75. The molecule has 0 aromatic carbocycles. The monoisotopic (exact) mass is 184 g/mol. The van der Waals surface area contributed by atoms with Gasteiger partial charge >= 0.3 is 0 Å². The van der Waals surface area contributed by atoms with E-state index in [2.05, 4.69) is 0 Å². The van der Waals surface area contributed by atoms with E-state index in [-0.39, 0.29) is 12.3 Å². The fraction of sp³-hybridized carbons (Fsp3) is 0.778. The fourth-order valence-electron chi connectivity index (χ4n) is 1.50. The summed E-state index contributed by atoms with van der Waals surface area (Å²) in [6, 6.07) is 0. The molecule has 1 rings (SSSR count). The number of carboxylic acid groups (broad SMARTS) is 1. The minimum Gasteiger partial charge on any atom is -0.550 e. The Kier molecular flexibility index (Phi) is 3.28. The topological polar surface area (TPSA) is 60.4 Å². The van der Waals surface area contributed by atoms with Gasteiger partial charge in [0, 0.05) is 31.4 Å². The van der Waals surface area contributed by atoms with Gasteiger partial charge in [-0.1, -0.05) is 13.3 Å². The van der Waals surface area contributed by atoms with Crippen LogP contribution in [0.15, 0.2) is 0 Å². The molecule has 1 atom stereocenters. The van der Waals surface area contributed by atoms with Gasteiger partial charge in [-0.25, -0.2) is 0 Å². The van der Waals surface area contributed by atoms with Crippen molar-refractivity contribution in [2.24, 2.45) is 5.92 Å². The summed E-state index contributed by atoms with van der Waals surface area (Å²) < 4.78 is 0. The van der Waals surface area contributed by atoms with Crippen LogP contribution < -0.4 is 5.11 Å². The molecule has 1 fully saturated rings. The van der Waals surface area contributed by atoms with Gasteiger partial charge in [0.15, 0.2) is 0 Å². The van der Waals surface area contributed by atoms with E-state index in [0.717, 1.165) is 12.8 Å². The summed E-state index contributed by atoms with van der Waals surface area (Å²) in [5, 5.41) is 10.5. The van der Waals surface area contributed by atoms with E-state index in [1.165, 1.54) is 0 Å². The quantitative estimate of drug-likeness (QED) is 0.585. The molecular formula is C9H14NO3-. The molecular weight excluding hydrogens is 170 g/mol. The maximum atomic E-state index is 11.2. The van der Waals surface area contributed by atoms with Crippen molar-refractivity contribution in [1.29, 1.82) is 0 Å². The normalized spacial score (nSPS) is 22.4. The first-order valence-electron chi connectivity index (χ1n) is 4.63. The van der Waals surface area contributed by atoms with E-state index in [1.807, 2.05) is 6.92 Å². The van der Waals surface area contributed by atoms with Crippen molar-refractivity contribution < 1.29 is 14.7 Å². The van der Waals surface area contributed by atoms with Crippen LogP contribution in [0, 0.1) is 5.92 Å². The third kappa shape index (κ3) is 2.44. The Balaban J connectivity index is 2.42. The average molecular weight is 184 g/mol. The average Bonchev–Trinajstić information content (AvgIpc) is 2.44. The molecule has 0 N–H and O–H groups in total. The second-order valence-electron chi connectivity index (χ2n) is 3.41. The van der Waals surface area contributed by atoms with Crippen LogP contribution in [0.3, 0.4) is 0 Å². The molecule has 0 aromatic rings. The highest BCUT2D eigenvalue weighted by molar-refractivity contribution is 5.85. The molecule has 0 bridgehead atoms. The lowest BCUT2D eigenvalue weighted by Gasteiger charge is -2.16. The number of amides is 1. The van der Waals surface area contributed by atoms with E-state index in [0.29, 0.717) is 13.1 Å². The molecule has 0 unspecified atom stereocenters. The summed E-state index contributed by atoms with van der Waals surface area (Å²) in [6.45, 7) is 3.05. The number of likely N-dealkylation sites (tertiary alicyclic amines) is 1. The van der Waals surface area contributed by atoms with Gasteiger partial charge in [0.25, 0.3) is 0 Å². The van der Waals surface area contributed by atoms with Crippen molar-refractivity contribution in [2.75, 3.05) is 13.1 Å². The summed E-state index contributed by atoms with van der Waals surface area (Å²) >= 11 is 0. The maximum Gasteiger partial charge on any atom is 0.223 e. The van der Waals surface area contributed by atoms with Crippen LogP contribution in [0.1, 0.15) is 26.2 Å². The molecule has 13 heavy (non-hydrogen) atoms. The predicted octanol–water partition coefficient (Wildman–Crippen LogP) is -0.615. The van der Waals surface area contributed by atoms with Crippen molar-refractivity contribution in [1.82, 2.24) is 4.90 Å². The molecule has 1 amide bonds. The molecule has 1 aliphatic heterocycles. The van der Waals surface area contributed by atoms with Gasteiger partial charge in [-0.15, -0.1) is 0 Å². The van der Waals surface area contributed by atoms with E-state index < -0.39 is 11.9 Å². The van der Waals surface area contributed by atoms with Gasteiger partial charge in [-0.3, -0.25) is 4.79 Å².